The van der Waals surface area contributed by atoms with Crippen molar-refractivity contribution in [1.29, 1.82) is 0 Å². The summed E-state index contributed by atoms with van der Waals surface area (Å²) in [4.78, 5) is 14.9. The number of carbonyl (C=O) groups is 1. The molecule has 0 unspecified atom stereocenters. The van der Waals surface area contributed by atoms with Crippen molar-refractivity contribution in [3.63, 3.8) is 0 Å². The van der Waals surface area contributed by atoms with Crippen molar-refractivity contribution in [2.45, 2.75) is 43.8 Å². The van der Waals surface area contributed by atoms with Crippen LogP contribution in [0.4, 0.5) is 13.2 Å². The zero-order chi connectivity index (χ0) is 19.9. The van der Waals surface area contributed by atoms with E-state index in [1.54, 1.807) is 6.07 Å². The summed E-state index contributed by atoms with van der Waals surface area (Å²) in [5.74, 6) is 0.0977. The van der Waals surface area contributed by atoms with Crippen LogP contribution in [-0.2, 0) is 6.18 Å². The third kappa shape index (κ3) is 3.65. The number of nitrogens with zero attached hydrogens (tertiary/aromatic N) is 3. The molecule has 1 aliphatic heterocycles. The molecule has 8 heteroatoms. The van der Waals surface area contributed by atoms with E-state index in [9.17, 15) is 18.0 Å². The normalized spacial score (nSPS) is 18.5. The number of carbonyl (C=O) groups excluding carboxylic acids is 1. The van der Waals surface area contributed by atoms with Gasteiger partial charge in [-0.2, -0.15) is 18.3 Å². The molecule has 0 bridgehead atoms. The van der Waals surface area contributed by atoms with Crippen LogP contribution in [0.2, 0.25) is 0 Å². The van der Waals surface area contributed by atoms with Gasteiger partial charge in [-0.3, -0.25) is 4.79 Å². The molecule has 5 nitrogen and oxygen atoms in total. The summed E-state index contributed by atoms with van der Waals surface area (Å²) >= 11 is 0. The average Bonchev–Trinajstić information content (AvgIpc) is 3.44. The van der Waals surface area contributed by atoms with Crippen LogP contribution in [0.3, 0.4) is 0 Å². The molecule has 1 N–H and O–H groups in total. The predicted molar refractivity (Wildman–Crippen MR) is 98.5 cm³/mol. The van der Waals surface area contributed by atoms with Gasteiger partial charge < -0.3 is 10.2 Å². The molecule has 1 aromatic carbocycles. The summed E-state index contributed by atoms with van der Waals surface area (Å²) in [5, 5.41) is 7.55. The molecule has 0 atom stereocenters. The monoisotopic (exact) mass is 392 g/mol. The minimum absolute atomic E-state index is 0.0744. The average molecular weight is 392 g/mol. The van der Waals surface area contributed by atoms with E-state index in [2.05, 4.69) is 10.4 Å². The second-order valence-electron chi connectivity index (χ2n) is 7.53. The number of halogens is 3. The summed E-state index contributed by atoms with van der Waals surface area (Å²) in [5.41, 5.74) is 0.872. The van der Waals surface area contributed by atoms with Crippen LogP contribution in [0.25, 0.3) is 5.69 Å². The second-order valence-corrected chi connectivity index (χ2v) is 7.53. The molecule has 1 saturated heterocycles. The number of alkyl halides is 3. The van der Waals surface area contributed by atoms with Gasteiger partial charge in [0.05, 0.1) is 28.7 Å². The van der Waals surface area contributed by atoms with E-state index in [0.717, 1.165) is 43.5 Å². The zero-order valence-corrected chi connectivity index (χ0v) is 15.7. The largest absolute Gasteiger partial charge is 0.416 e. The number of benzene rings is 1. The third-order valence-corrected chi connectivity index (χ3v) is 5.61. The first kappa shape index (κ1) is 19.0. The molecule has 28 heavy (non-hydrogen) atoms. The molecule has 2 aliphatic rings. The van der Waals surface area contributed by atoms with Gasteiger partial charge in [-0.25, -0.2) is 4.68 Å². The number of likely N-dealkylation sites (tertiary alicyclic amines) is 1. The molecule has 2 aromatic rings. The topological polar surface area (TPSA) is 50.2 Å². The summed E-state index contributed by atoms with van der Waals surface area (Å²) in [7, 11) is 1.92. The smallest absolute Gasteiger partial charge is 0.338 e. The predicted octanol–water partition coefficient (Wildman–Crippen LogP) is 3.59. The van der Waals surface area contributed by atoms with Gasteiger partial charge in [0.2, 0.25) is 0 Å². The van der Waals surface area contributed by atoms with Crippen molar-refractivity contribution in [3.05, 3.63) is 47.3 Å². The Hall–Kier alpha value is -2.35. The Morgan fingerprint density at radius 3 is 2.50 bits per heavy atom. The van der Waals surface area contributed by atoms with Gasteiger partial charge in [0, 0.05) is 25.0 Å². The quantitative estimate of drug-likeness (QED) is 0.865. The minimum Gasteiger partial charge on any atom is -0.338 e. The summed E-state index contributed by atoms with van der Waals surface area (Å²) < 4.78 is 40.8. The molecule has 4 rings (SSSR count). The van der Waals surface area contributed by atoms with Crippen LogP contribution in [0.5, 0.6) is 0 Å². The highest BCUT2D eigenvalue weighted by molar-refractivity contribution is 5.95. The van der Waals surface area contributed by atoms with Crippen molar-refractivity contribution in [2.24, 2.45) is 0 Å². The number of rotatable bonds is 4. The molecule has 0 spiro atoms. The molecule has 150 valence electrons. The van der Waals surface area contributed by atoms with E-state index in [-0.39, 0.29) is 11.8 Å². The molecule has 1 saturated carbocycles. The molecule has 2 heterocycles. The zero-order valence-electron chi connectivity index (χ0n) is 15.7. The molecular weight excluding hydrogens is 369 g/mol. The van der Waals surface area contributed by atoms with Gasteiger partial charge in [-0.15, -0.1) is 0 Å². The van der Waals surface area contributed by atoms with E-state index >= 15 is 0 Å². The van der Waals surface area contributed by atoms with E-state index in [0.29, 0.717) is 30.4 Å². The number of nitrogens with one attached hydrogen (secondary N) is 1. The lowest BCUT2D eigenvalue weighted by Gasteiger charge is -2.31. The number of amides is 1. The van der Waals surface area contributed by atoms with Crippen LogP contribution >= 0.6 is 0 Å². The standard InChI is InChI=1S/C20H23F3N4O/c1-24-15-7-9-26(10-8-15)19(28)17-12-25-27(18(17)13-5-6-13)16-4-2-3-14(11-16)20(21,22)23/h2-4,11-13,15,24H,5-10H2,1H3. The summed E-state index contributed by atoms with van der Waals surface area (Å²) in [6.45, 7) is 1.34. The maximum Gasteiger partial charge on any atom is 0.416 e. The molecule has 1 aromatic heterocycles. The van der Waals surface area contributed by atoms with E-state index in [1.807, 2.05) is 11.9 Å². The Balaban J connectivity index is 1.65. The van der Waals surface area contributed by atoms with Crippen molar-refractivity contribution < 1.29 is 18.0 Å². The Labute approximate surface area is 161 Å². The second kappa shape index (κ2) is 7.24. The van der Waals surface area contributed by atoms with Gasteiger partial charge in [-0.05, 0) is 50.9 Å². The lowest BCUT2D eigenvalue weighted by Crippen LogP contribution is -2.44. The van der Waals surface area contributed by atoms with Gasteiger partial charge in [0.15, 0.2) is 0 Å². The Morgan fingerprint density at radius 1 is 1.18 bits per heavy atom. The molecule has 0 radical (unpaired) electrons. The number of piperidine rings is 1. The first-order valence-electron chi connectivity index (χ1n) is 9.60. The van der Waals surface area contributed by atoms with Crippen LogP contribution < -0.4 is 5.32 Å². The van der Waals surface area contributed by atoms with E-state index in [4.69, 9.17) is 0 Å². The minimum atomic E-state index is -4.42. The van der Waals surface area contributed by atoms with Gasteiger partial charge in [0.1, 0.15) is 0 Å². The van der Waals surface area contributed by atoms with Gasteiger partial charge in [0.25, 0.3) is 5.91 Å². The lowest BCUT2D eigenvalue weighted by atomic mass is 10.0. The molecular formula is C20H23F3N4O. The first-order valence-corrected chi connectivity index (χ1v) is 9.60. The summed E-state index contributed by atoms with van der Waals surface area (Å²) in [6, 6.07) is 5.52. The Bertz CT molecular complexity index is 865. The highest BCUT2D eigenvalue weighted by atomic mass is 19.4. The SMILES string of the molecule is CNC1CCN(C(=O)c2cnn(-c3cccc(C(F)(F)F)c3)c2C2CC2)CC1. The van der Waals surface area contributed by atoms with Crippen molar-refractivity contribution in [2.75, 3.05) is 20.1 Å². The number of hydrogen-bond donors (Lipinski definition) is 1. The van der Waals surface area contributed by atoms with Crippen molar-refractivity contribution in [3.8, 4) is 5.69 Å². The Kier molecular flexibility index (Phi) is 4.91. The highest BCUT2D eigenvalue weighted by Crippen LogP contribution is 2.43. The fraction of sp³-hybridized carbons (Fsp3) is 0.500. The summed E-state index contributed by atoms with van der Waals surface area (Å²) in [6.07, 6.45) is 0.727. The maximum atomic E-state index is 13.1. The van der Waals surface area contributed by atoms with Crippen LogP contribution in [-0.4, -0.2) is 46.8 Å². The van der Waals surface area contributed by atoms with E-state index < -0.39 is 11.7 Å². The van der Waals surface area contributed by atoms with Crippen molar-refractivity contribution in [1.82, 2.24) is 20.0 Å². The van der Waals surface area contributed by atoms with Gasteiger partial charge in [-0.1, -0.05) is 6.07 Å². The lowest BCUT2D eigenvalue weighted by molar-refractivity contribution is -0.137. The molecule has 1 aliphatic carbocycles. The maximum absolute atomic E-state index is 13.1. The van der Waals surface area contributed by atoms with E-state index in [1.165, 1.54) is 16.9 Å². The molecule has 1 amide bonds. The fourth-order valence-electron chi connectivity index (χ4n) is 3.83. The Morgan fingerprint density at radius 2 is 1.89 bits per heavy atom. The van der Waals surface area contributed by atoms with Gasteiger partial charge >= 0.3 is 6.18 Å². The highest BCUT2D eigenvalue weighted by Gasteiger charge is 2.36. The molecule has 2 fully saturated rings. The fourth-order valence-corrected chi connectivity index (χ4v) is 3.83. The number of hydrogen-bond acceptors (Lipinski definition) is 3. The third-order valence-electron chi connectivity index (χ3n) is 5.61. The van der Waals surface area contributed by atoms with Crippen LogP contribution in [0.15, 0.2) is 30.5 Å². The van der Waals surface area contributed by atoms with Crippen LogP contribution in [0.1, 0.15) is 53.2 Å². The first-order chi connectivity index (χ1) is 13.4. The number of aromatic nitrogens is 2. The van der Waals surface area contributed by atoms with Crippen molar-refractivity contribution >= 4 is 5.91 Å². The van der Waals surface area contributed by atoms with Crippen LogP contribution in [0, 0.1) is 0 Å².